The van der Waals surface area contributed by atoms with Crippen molar-refractivity contribution in [2.45, 2.75) is 63.5 Å². The van der Waals surface area contributed by atoms with E-state index in [9.17, 15) is 4.79 Å². The molecule has 1 atom stereocenters. The summed E-state index contributed by atoms with van der Waals surface area (Å²) in [6.45, 7) is 1.74. The number of carbonyl (C=O) groups is 1. The average Bonchev–Trinajstić information content (AvgIpc) is 3.30. The first-order chi connectivity index (χ1) is 11.3. The summed E-state index contributed by atoms with van der Waals surface area (Å²) in [5.41, 5.74) is 0. The fourth-order valence-corrected chi connectivity index (χ4v) is 4.22. The largest absolute Gasteiger partial charge is 0.340 e. The van der Waals surface area contributed by atoms with Crippen LogP contribution in [0.4, 0.5) is 5.95 Å². The highest BCUT2D eigenvalue weighted by atomic mass is 16.2. The van der Waals surface area contributed by atoms with E-state index in [1.807, 2.05) is 6.07 Å². The Morgan fingerprint density at radius 1 is 1.00 bits per heavy atom. The molecule has 0 spiro atoms. The molecular formula is C18H26N4O. The van der Waals surface area contributed by atoms with Crippen LogP contribution in [0.1, 0.15) is 51.4 Å². The van der Waals surface area contributed by atoms with Gasteiger partial charge in [-0.25, -0.2) is 9.97 Å². The smallest absolute Gasteiger partial charge is 0.227 e. The molecule has 23 heavy (non-hydrogen) atoms. The maximum absolute atomic E-state index is 13.2. The van der Waals surface area contributed by atoms with Crippen LogP contribution in [-0.4, -0.2) is 45.9 Å². The highest BCUT2D eigenvalue weighted by molar-refractivity contribution is 5.80. The van der Waals surface area contributed by atoms with Crippen LogP contribution in [0.2, 0.25) is 0 Å². The number of anilines is 1. The van der Waals surface area contributed by atoms with Gasteiger partial charge >= 0.3 is 0 Å². The van der Waals surface area contributed by atoms with E-state index in [-0.39, 0.29) is 5.92 Å². The van der Waals surface area contributed by atoms with Gasteiger partial charge in [0.1, 0.15) is 0 Å². The van der Waals surface area contributed by atoms with Gasteiger partial charge in [0, 0.05) is 37.6 Å². The molecule has 2 aliphatic carbocycles. The van der Waals surface area contributed by atoms with Crippen molar-refractivity contribution in [1.82, 2.24) is 14.9 Å². The predicted octanol–water partition coefficient (Wildman–Crippen LogP) is 2.63. The second-order valence-electron chi connectivity index (χ2n) is 7.25. The summed E-state index contributed by atoms with van der Waals surface area (Å²) in [4.78, 5) is 26.4. The number of carbonyl (C=O) groups excluding carboxylic acids is 1. The van der Waals surface area contributed by atoms with Crippen LogP contribution in [0.25, 0.3) is 0 Å². The van der Waals surface area contributed by atoms with Gasteiger partial charge in [-0.15, -0.1) is 0 Å². The Labute approximate surface area is 138 Å². The number of aromatic nitrogens is 2. The first-order valence-electron chi connectivity index (χ1n) is 9.17. The molecule has 5 heteroatoms. The fraction of sp³-hybridized carbons (Fsp3) is 0.722. The SMILES string of the molecule is O=C(C1CCCN(c2ncccn2)C1)N(C1CCCC1)C1CC1. The number of amides is 1. The van der Waals surface area contributed by atoms with Gasteiger partial charge in [0.05, 0.1) is 5.92 Å². The summed E-state index contributed by atoms with van der Waals surface area (Å²) < 4.78 is 0. The Balaban J connectivity index is 1.46. The molecule has 3 fully saturated rings. The van der Waals surface area contributed by atoms with Crippen molar-refractivity contribution in [3.05, 3.63) is 18.5 Å². The Morgan fingerprint density at radius 2 is 1.70 bits per heavy atom. The Kier molecular flexibility index (Phi) is 4.19. The molecule has 0 bridgehead atoms. The predicted molar refractivity (Wildman–Crippen MR) is 89.1 cm³/mol. The van der Waals surface area contributed by atoms with Crippen molar-refractivity contribution in [2.75, 3.05) is 18.0 Å². The summed E-state index contributed by atoms with van der Waals surface area (Å²) in [7, 11) is 0. The normalized spacial score (nSPS) is 25.6. The van der Waals surface area contributed by atoms with E-state index >= 15 is 0 Å². The summed E-state index contributed by atoms with van der Waals surface area (Å²) >= 11 is 0. The van der Waals surface area contributed by atoms with E-state index in [1.165, 1.54) is 38.5 Å². The van der Waals surface area contributed by atoms with Crippen LogP contribution in [-0.2, 0) is 4.79 Å². The maximum atomic E-state index is 13.2. The molecule has 124 valence electrons. The third-order valence-electron chi connectivity index (χ3n) is 5.52. The van der Waals surface area contributed by atoms with E-state index in [0.29, 0.717) is 18.0 Å². The van der Waals surface area contributed by atoms with Gasteiger partial charge in [-0.1, -0.05) is 12.8 Å². The Morgan fingerprint density at radius 3 is 2.39 bits per heavy atom. The van der Waals surface area contributed by atoms with Crippen LogP contribution in [0.5, 0.6) is 0 Å². The molecule has 2 heterocycles. The van der Waals surface area contributed by atoms with Gasteiger partial charge in [0.2, 0.25) is 11.9 Å². The second-order valence-corrected chi connectivity index (χ2v) is 7.25. The number of hydrogen-bond donors (Lipinski definition) is 0. The molecule has 1 aromatic heterocycles. The minimum absolute atomic E-state index is 0.119. The highest BCUT2D eigenvalue weighted by Gasteiger charge is 2.41. The number of nitrogens with zero attached hydrogens (tertiary/aromatic N) is 4. The minimum atomic E-state index is 0.119. The lowest BCUT2D eigenvalue weighted by molar-refractivity contribution is -0.138. The quantitative estimate of drug-likeness (QED) is 0.857. The van der Waals surface area contributed by atoms with Crippen LogP contribution >= 0.6 is 0 Å². The molecule has 0 N–H and O–H groups in total. The fourth-order valence-electron chi connectivity index (χ4n) is 4.22. The molecular weight excluding hydrogens is 288 g/mol. The molecule has 5 nitrogen and oxygen atoms in total. The maximum Gasteiger partial charge on any atom is 0.227 e. The van der Waals surface area contributed by atoms with Crippen LogP contribution in [0.15, 0.2) is 18.5 Å². The van der Waals surface area contributed by atoms with Gasteiger partial charge in [-0.05, 0) is 44.6 Å². The molecule has 3 aliphatic rings. The Bertz CT molecular complexity index is 539. The molecule has 1 aromatic rings. The van der Waals surface area contributed by atoms with Crippen molar-refractivity contribution in [3.63, 3.8) is 0 Å². The van der Waals surface area contributed by atoms with Gasteiger partial charge in [-0.3, -0.25) is 4.79 Å². The first-order valence-corrected chi connectivity index (χ1v) is 9.17. The van der Waals surface area contributed by atoms with Crippen molar-refractivity contribution in [2.24, 2.45) is 5.92 Å². The zero-order valence-corrected chi connectivity index (χ0v) is 13.7. The van der Waals surface area contributed by atoms with E-state index in [0.717, 1.165) is 31.9 Å². The molecule has 1 unspecified atom stereocenters. The summed E-state index contributed by atoms with van der Waals surface area (Å²) in [6, 6.07) is 2.89. The highest BCUT2D eigenvalue weighted by Crippen LogP contribution is 2.36. The monoisotopic (exact) mass is 314 g/mol. The van der Waals surface area contributed by atoms with Crippen molar-refractivity contribution in [1.29, 1.82) is 0 Å². The lowest BCUT2D eigenvalue weighted by atomic mass is 9.95. The summed E-state index contributed by atoms with van der Waals surface area (Å²) in [5, 5.41) is 0. The standard InChI is InChI=1S/C18H26N4O/c23-17(22(16-8-9-16)15-6-1-2-7-15)14-5-3-12-21(13-14)18-19-10-4-11-20-18/h4,10-11,14-16H,1-3,5-9,12-13H2. The van der Waals surface area contributed by atoms with E-state index in [4.69, 9.17) is 0 Å². The molecule has 1 aliphatic heterocycles. The molecule has 0 aromatic carbocycles. The van der Waals surface area contributed by atoms with Crippen LogP contribution in [0, 0.1) is 5.92 Å². The molecule has 4 rings (SSSR count). The lowest BCUT2D eigenvalue weighted by Gasteiger charge is -2.37. The zero-order chi connectivity index (χ0) is 15.6. The molecule has 0 radical (unpaired) electrons. The van der Waals surface area contributed by atoms with Gasteiger partial charge in [0.15, 0.2) is 0 Å². The minimum Gasteiger partial charge on any atom is -0.340 e. The van der Waals surface area contributed by atoms with Gasteiger partial charge < -0.3 is 9.80 Å². The second kappa shape index (κ2) is 6.46. The zero-order valence-electron chi connectivity index (χ0n) is 13.7. The van der Waals surface area contributed by atoms with Gasteiger partial charge in [0.25, 0.3) is 0 Å². The molecule has 1 saturated heterocycles. The topological polar surface area (TPSA) is 49.3 Å². The Hall–Kier alpha value is -1.65. The van der Waals surface area contributed by atoms with Crippen LogP contribution in [0.3, 0.4) is 0 Å². The third-order valence-corrected chi connectivity index (χ3v) is 5.52. The van der Waals surface area contributed by atoms with E-state index in [2.05, 4.69) is 19.8 Å². The number of rotatable bonds is 4. The summed E-state index contributed by atoms with van der Waals surface area (Å²) in [5.74, 6) is 1.29. The van der Waals surface area contributed by atoms with E-state index in [1.54, 1.807) is 12.4 Å². The van der Waals surface area contributed by atoms with E-state index < -0.39 is 0 Å². The average molecular weight is 314 g/mol. The van der Waals surface area contributed by atoms with Crippen molar-refractivity contribution < 1.29 is 4.79 Å². The molecule has 2 saturated carbocycles. The summed E-state index contributed by atoms with van der Waals surface area (Å²) in [6.07, 6.45) is 13.0. The van der Waals surface area contributed by atoms with Crippen molar-refractivity contribution >= 4 is 11.9 Å². The van der Waals surface area contributed by atoms with Crippen LogP contribution < -0.4 is 4.90 Å². The molecule has 1 amide bonds. The third kappa shape index (κ3) is 3.19. The van der Waals surface area contributed by atoms with Gasteiger partial charge in [-0.2, -0.15) is 0 Å². The number of piperidine rings is 1. The number of hydrogen-bond acceptors (Lipinski definition) is 4. The van der Waals surface area contributed by atoms with Crippen molar-refractivity contribution in [3.8, 4) is 0 Å². The lowest BCUT2D eigenvalue weighted by Crippen LogP contribution is -2.49. The first kappa shape index (κ1) is 14.9.